The lowest BCUT2D eigenvalue weighted by molar-refractivity contribution is -0.139. The van der Waals surface area contributed by atoms with Crippen LogP contribution in [0.4, 0.5) is 11.4 Å². The summed E-state index contributed by atoms with van der Waals surface area (Å²) < 4.78 is 7.14. The largest absolute Gasteiger partial charge is 0.733 e. The summed E-state index contributed by atoms with van der Waals surface area (Å²) in [5.41, 5.74) is 2.95. The van der Waals surface area contributed by atoms with Crippen molar-refractivity contribution in [1.29, 1.82) is 0 Å². The lowest BCUT2D eigenvalue weighted by atomic mass is 9.69. The van der Waals surface area contributed by atoms with Crippen LogP contribution in [0.15, 0.2) is 64.0 Å². The third-order valence-corrected chi connectivity index (χ3v) is 9.14. The first kappa shape index (κ1) is 24.9. The van der Waals surface area contributed by atoms with Gasteiger partial charge in [0.05, 0.1) is 17.9 Å². The molecule has 1 N–H and O–H groups in total. The van der Waals surface area contributed by atoms with E-state index in [4.69, 9.17) is 4.42 Å². The molecule has 4 unspecified atom stereocenters. The van der Waals surface area contributed by atoms with E-state index in [1.54, 1.807) is 35.2 Å². The molecule has 2 fully saturated rings. The highest BCUT2D eigenvalue weighted by atomic mass is 16.8. The summed E-state index contributed by atoms with van der Waals surface area (Å²) in [5.74, 6) is -0.0159. The Labute approximate surface area is 230 Å². The van der Waals surface area contributed by atoms with E-state index in [1.165, 1.54) is 6.26 Å². The Bertz CT molecular complexity index is 1510. The van der Waals surface area contributed by atoms with Crippen molar-refractivity contribution in [3.8, 4) is 0 Å². The molecule has 4 atom stereocenters. The summed E-state index contributed by atoms with van der Waals surface area (Å²) in [6.45, 7) is 2.88. The molecule has 7 rings (SSSR count). The second-order valence-corrected chi connectivity index (χ2v) is 11.2. The Kier molecular flexibility index (Phi) is 5.93. The molecule has 11 heteroatoms. The number of aromatic nitrogens is 1. The number of hydrogen-bond acceptors (Lipinski definition) is 8. The minimum atomic E-state index is -0.388. The highest BCUT2D eigenvalue weighted by Gasteiger charge is 2.50. The molecular formula is C29H30N5O6-. The van der Waals surface area contributed by atoms with Crippen molar-refractivity contribution < 1.29 is 19.2 Å². The van der Waals surface area contributed by atoms with Crippen LogP contribution < -0.4 is 15.7 Å². The van der Waals surface area contributed by atoms with E-state index in [0.29, 0.717) is 45.7 Å². The number of pyridine rings is 1. The number of fused-ring (bicyclic) bond motifs is 8. The minimum absolute atomic E-state index is 0.0137. The molecule has 0 aliphatic carbocycles. The Balaban J connectivity index is 1.19. The van der Waals surface area contributed by atoms with Crippen LogP contribution in [0.3, 0.4) is 0 Å². The zero-order valence-electron chi connectivity index (χ0n) is 21.9. The van der Waals surface area contributed by atoms with Crippen LogP contribution in [0.2, 0.25) is 0 Å². The van der Waals surface area contributed by atoms with Gasteiger partial charge in [0.1, 0.15) is 0 Å². The van der Waals surface area contributed by atoms with Crippen LogP contribution in [0.1, 0.15) is 34.2 Å². The minimum Gasteiger partial charge on any atom is -0.733 e. The summed E-state index contributed by atoms with van der Waals surface area (Å²) in [6, 6.07) is 13.8. The standard InChI is InChI=1S/C29H30N5O6/c35-26-5-1-3-23-19-13-20(17-32(23)26)27-22(15-18-14-21(34(38)39)6-7-24(18)33(27)16-19)28(36)30-8-10-31(11-9-30)29(37)25-4-2-12-40-25/h1-7,12,14,19-20,22,27,38H,8-11,13,15-17H2/q-1. The fraction of sp³-hybridized carbons (Fsp3) is 0.414. The number of hydrogen-bond donors (Lipinski definition) is 1. The molecule has 0 saturated carbocycles. The summed E-state index contributed by atoms with van der Waals surface area (Å²) >= 11 is 0. The van der Waals surface area contributed by atoms with Gasteiger partial charge in [-0.3, -0.25) is 19.6 Å². The number of nitrogens with zero attached hydrogens (tertiary/aromatic N) is 5. The van der Waals surface area contributed by atoms with Crippen molar-refractivity contribution in [3.63, 3.8) is 0 Å². The fourth-order valence-corrected chi connectivity index (χ4v) is 7.36. The molecule has 40 heavy (non-hydrogen) atoms. The van der Waals surface area contributed by atoms with Gasteiger partial charge in [-0.2, -0.15) is 0 Å². The lowest BCUT2D eigenvalue weighted by Crippen LogP contribution is -2.62. The average molecular weight is 545 g/mol. The van der Waals surface area contributed by atoms with Gasteiger partial charge in [-0.15, -0.1) is 0 Å². The Hall–Kier alpha value is -4.09. The summed E-state index contributed by atoms with van der Waals surface area (Å²) in [6.07, 6.45) is 2.80. The first-order valence-corrected chi connectivity index (χ1v) is 13.8. The summed E-state index contributed by atoms with van der Waals surface area (Å²) in [5, 5.41) is 21.1. The number of piperidine rings is 1. The average Bonchev–Trinajstić information content (AvgIpc) is 3.51. The molecule has 2 amide bonds. The van der Waals surface area contributed by atoms with Crippen molar-refractivity contribution in [2.24, 2.45) is 11.8 Å². The van der Waals surface area contributed by atoms with Gasteiger partial charge in [0, 0.05) is 68.7 Å². The maximum Gasteiger partial charge on any atom is 0.289 e. The van der Waals surface area contributed by atoms with Gasteiger partial charge < -0.3 is 34.1 Å². The maximum absolute atomic E-state index is 14.2. The van der Waals surface area contributed by atoms with Crippen molar-refractivity contribution in [3.05, 3.63) is 87.4 Å². The van der Waals surface area contributed by atoms with Crippen LogP contribution in [0.25, 0.3) is 0 Å². The fourth-order valence-electron chi connectivity index (χ4n) is 7.36. The van der Waals surface area contributed by atoms with Gasteiger partial charge in [0.2, 0.25) is 5.91 Å². The molecule has 11 nitrogen and oxygen atoms in total. The van der Waals surface area contributed by atoms with Crippen LogP contribution >= 0.6 is 0 Å². The zero-order chi connectivity index (χ0) is 27.5. The molecule has 6 heterocycles. The first-order chi connectivity index (χ1) is 19.4. The quantitative estimate of drug-likeness (QED) is 0.498. The maximum atomic E-state index is 14.2. The molecule has 208 valence electrons. The number of amides is 2. The Morgan fingerprint density at radius 3 is 2.55 bits per heavy atom. The van der Waals surface area contributed by atoms with Gasteiger partial charge in [0.25, 0.3) is 11.5 Å². The van der Waals surface area contributed by atoms with Crippen LogP contribution in [0.5, 0.6) is 0 Å². The van der Waals surface area contributed by atoms with Gasteiger partial charge >= 0.3 is 0 Å². The molecule has 4 aliphatic heterocycles. The molecule has 1 aromatic carbocycles. The predicted octanol–water partition coefficient (Wildman–Crippen LogP) is 2.28. The molecular weight excluding hydrogens is 514 g/mol. The van der Waals surface area contributed by atoms with Crippen molar-refractivity contribution in [2.75, 3.05) is 42.9 Å². The number of carbonyl (C=O) groups excluding carboxylic acids is 2. The molecule has 0 radical (unpaired) electrons. The highest BCUT2D eigenvalue weighted by Crippen LogP contribution is 2.48. The van der Waals surface area contributed by atoms with Crippen molar-refractivity contribution in [2.45, 2.75) is 31.3 Å². The van der Waals surface area contributed by atoms with Gasteiger partial charge in [-0.1, -0.05) is 6.07 Å². The van der Waals surface area contributed by atoms with E-state index in [9.17, 15) is 24.8 Å². The number of furan rings is 1. The van der Waals surface area contributed by atoms with Crippen molar-refractivity contribution in [1.82, 2.24) is 14.4 Å². The topological polar surface area (TPSA) is 126 Å². The molecule has 2 bridgehead atoms. The predicted molar refractivity (Wildman–Crippen MR) is 145 cm³/mol. The Morgan fingerprint density at radius 1 is 1.00 bits per heavy atom. The SMILES string of the molecule is O=C(c1ccco1)N1CCN(C(=O)C2Cc3cc(N([O-])O)ccc3N3CC4CC(Cn5c4cccc5=O)C23)CC1. The van der Waals surface area contributed by atoms with E-state index in [-0.39, 0.29) is 57.8 Å². The third kappa shape index (κ3) is 3.99. The molecule has 0 spiro atoms. The van der Waals surface area contributed by atoms with E-state index in [0.717, 1.165) is 23.4 Å². The normalized spacial score (nSPS) is 25.1. The number of piperazine rings is 1. The highest BCUT2D eigenvalue weighted by molar-refractivity contribution is 5.91. The monoisotopic (exact) mass is 544 g/mol. The zero-order valence-corrected chi connectivity index (χ0v) is 21.9. The number of anilines is 2. The second-order valence-electron chi connectivity index (χ2n) is 11.2. The van der Waals surface area contributed by atoms with E-state index < -0.39 is 0 Å². The molecule has 2 saturated heterocycles. The summed E-state index contributed by atoms with van der Waals surface area (Å²) in [7, 11) is 0. The van der Waals surface area contributed by atoms with E-state index in [1.807, 2.05) is 27.7 Å². The first-order valence-electron chi connectivity index (χ1n) is 13.8. The molecule has 2 aromatic heterocycles. The van der Waals surface area contributed by atoms with Crippen LogP contribution in [-0.4, -0.2) is 70.2 Å². The molecule has 3 aromatic rings. The molecule has 4 aliphatic rings. The Morgan fingerprint density at radius 2 is 1.80 bits per heavy atom. The lowest BCUT2D eigenvalue weighted by Gasteiger charge is -2.55. The van der Waals surface area contributed by atoms with E-state index >= 15 is 0 Å². The van der Waals surface area contributed by atoms with Crippen LogP contribution in [0, 0.1) is 17.0 Å². The van der Waals surface area contributed by atoms with Gasteiger partial charge in [0.15, 0.2) is 5.76 Å². The van der Waals surface area contributed by atoms with Gasteiger partial charge in [-0.05, 0) is 60.7 Å². The van der Waals surface area contributed by atoms with E-state index in [2.05, 4.69) is 4.90 Å². The van der Waals surface area contributed by atoms with Crippen molar-refractivity contribution >= 4 is 23.2 Å². The van der Waals surface area contributed by atoms with Crippen LogP contribution in [-0.2, 0) is 17.8 Å². The second kappa shape index (κ2) is 9.53. The van der Waals surface area contributed by atoms with Gasteiger partial charge in [-0.25, -0.2) is 0 Å². The number of rotatable bonds is 3. The number of benzene rings is 1. The smallest absolute Gasteiger partial charge is 0.289 e. The number of carbonyl (C=O) groups is 2. The summed E-state index contributed by atoms with van der Waals surface area (Å²) in [4.78, 5) is 45.6. The third-order valence-electron chi connectivity index (χ3n) is 9.14.